The molecule has 0 saturated carbocycles. The van der Waals surface area contributed by atoms with Crippen LogP contribution in [0.4, 0.5) is 4.39 Å². The van der Waals surface area contributed by atoms with Crippen molar-refractivity contribution in [2.75, 3.05) is 0 Å². The second-order valence-electron chi connectivity index (χ2n) is 3.25. The van der Waals surface area contributed by atoms with Gasteiger partial charge in [0.25, 0.3) is 0 Å². The summed E-state index contributed by atoms with van der Waals surface area (Å²) in [5.41, 5.74) is 0.811. The van der Waals surface area contributed by atoms with Gasteiger partial charge in [0.2, 0.25) is 0 Å². The third-order valence-corrected chi connectivity index (χ3v) is 3.02. The van der Waals surface area contributed by atoms with E-state index in [0.717, 1.165) is 21.5 Å². The van der Waals surface area contributed by atoms with Crippen LogP contribution in [0.3, 0.4) is 0 Å². The van der Waals surface area contributed by atoms with Crippen molar-refractivity contribution in [1.29, 1.82) is 0 Å². The molecular formula is C12H8FNO2S. The molecule has 0 atom stereocenters. The molecule has 17 heavy (non-hydrogen) atoms. The topological polar surface area (TPSA) is 50.2 Å². The molecule has 1 aromatic heterocycles. The predicted octanol–water partition coefficient (Wildman–Crippen LogP) is 3.05. The fraction of sp³-hybridized carbons (Fsp3) is 0. The number of nitrogens with zero attached hydrogens (tertiary/aromatic N) is 1. The molecule has 0 amide bonds. The molecule has 0 fully saturated rings. The van der Waals surface area contributed by atoms with Gasteiger partial charge in [0.1, 0.15) is 10.8 Å². The maximum Gasteiger partial charge on any atom is 0.328 e. The van der Waals surface area contributed by atoms with Gasteiger partial charge in [0.15, 0.2) is 0 Å². The summed E-state index contributed by atoms with van der Waals surface area (Å²) in [5.74, 6) is -1.29. The number of hydrogen-bond acceptors (Lipinski definition) is 3. The molecule has 0 unspecified atom stereocenters. The minimum Gasteiger partial charge on any atom is -0.478 e. The van der Waals surface area contributed by atoms with E-state index in [1.807, 2.05) is 0 Å². The van der Waals surface area contributed by atoms with Crippen LogP contribution in [0, 0.1) is 5.82 Å². The highest BCUT2D eigenvalue weighted by atomic mass is 32.1. The Balaban J connectivity index is 2.23. The van der Waals surface area contributed by atoms with E-state index >= 15 is 0 Å². The molecule has 5 heteroatoms. The number of thiazole rings is 1. The molecule has 1 aromatic carbocycles. The summed E-state index contributed by atoms with van der Waals surface area (Å²) in [6.45, 7) is 0. The van der Waals surface area contributed by atoms with E-state index in [-0.39, 0.29) is 5.82 Å². The lowest BCUT2D eigenvalue weighted by atomic mass is 10.2. The summed E-state index contributed by atoms with van der Waals surface area (Å²) < 4.78 is 12.7. The molecule has 0 saturated heterocycles. The smallest absolute Gasteiger partial charge is 0.328 e. The third-order valence-electron chi connectivity index (χ3n) is 2.00. The van der Waals surface area contributed by atoms with Crippen LogP contribution in [-0.2, 0) is 4.79 Å². The normalized spacial score (nSPS) is 10.9. The highest BCUT2D eigenvalue weighted by molar-refractivity contribution is 7.15. The van der Waals surface area contributed by atoms with Gasteiger partial charge in [-0.3, -0.25) is 0 Å². The Morgan fingerprint density at radius 3 is 2.71 bits per heavy atom. The molecule has 0 radical (unpaired) electrons. The summed E-state index contributed by atoms with van der Waals surface area (Å²) in [5, 5.41) is 9.22. The second kappa shape index (κ2) is 4.88. The van der Waals surface area contributed by atoms with Gasteiger partial charge in [0, 0.05) is 22.7 Å². The quantitative estimate of drug-likeness (QED) is 0.850. The number of aromatic nitrogens is 1. The lowest BCUT2D eigenvalue weighted by Crippen LogP contribution is -1.84. The number of carboxylic acid groups (broad SMARTS) is 1. The SMILES string of the molecule is O=C(O)/C=C/c1cnc(-c2ccc(F)cc2)s1. The van der Waals surface area contributed by atoms with Crippen LogP contribution in [-0.4, -0.2) is 16.1 Å². The molecule has 2 aromatic rings. The molecule has 0 aliphatic rings. The Labute approximate surface area is 101 Å². The van der Waals surface area contributed by atoms with Crippen LogP contribution < -0.4 is 0 Å². The molecule has 1 N–H and O–H groups in total. The molecule has 0 aliphatic carbocycles. The largest absolute Gasteiger partial charge is 0.478 e. The van der Waals surface area contributed by atoms with Crippen molar-refractivity contribution in [3.05, 3.63) is 47.2 Å². The number of hydrogen-bond donors (Lipinski definition) is 1. The van der Waals surface area contributed by atoms with Crippen molar-refractivity contribution in [2.45, 2.75) is 0 Å². The number of carboxylic acids is 1. The van der Waals surface area contributed by atoms with Gasteiger partial charge in [-0.05, 0) is 30.3 Å². The molecule has 86 valence electrons. The van der Waals surface area contributed by atoms with Gasteiger partial charge >= 0.3 is 5.97 Å². The molecule has 0 aliphatic heterocycles. The lowest BCUT2D eigenvalue weighted by Gasteiger charge is -1.94. The van der Waals surface area contributed by atoms with Crippen LogP contribution in [0.15, 0.2) is 36.5 Å². The van der Waals surface area contributed by atoms with E-state index < -0.39 is 5.97 Å². The van der Waals surface area contributed by atoms with Crippen LogP contribution in [0.25, 0.3) is 16.6 Å². The van der Waals surface area contributed by atoms with Crippen molar-refractivity contribution in [1.82, 2.24) is 4.98 Å². The fourth-order valence-corrected chi connectivity index (χ4v) is 2.07. The van der Waals surface area contributed by atoms with E-state index in [1.54, 1.807) is 18.3 Å². The van der Waals surface area contributed by atoms with Crippen LogP contribution in [0.2, 0.25) is 0 Å². The Hall–Kier alpha value is -2.01. The van der Waals surface area contributed by atoms with E-state index in [4.69, 9.17) is 5.11 Å². The van der Waals surface area contributed by atoms with Gasteiger partial charge in [-0.2, -0.15) is 0 Å². The highest BCUT2D eigenvalue weighted by Crippen LogP contribution is 2.25. The van der Waals surface area contributed by atoms with Crippen molar-refractivity contribution in [3.63, 3.8) is 0 Å². The summed E-state index contributed by atoms with van der Waals surface area (Å²) in [6, 6.07) is 6.00. The average Bonchev–Trinajstić information content (AvgIpc) is 2.76. The minimum absolute atomic E-state index is 0.295. The minimum atomic E-state index is -0.998. The summed E-state index contributed by atoms with van der Waals surface area (Å²) in [4.78, 5) is 15.2. The monoisotopic (exact) mass is 249 g/mol. The summed E-state index contributed by atoms with van der Waals surface area (Å²) >= 11 is 1.35. The highest BCUT2D eigenvalue weighted by Gasteiger charge is 2.03. The Bertz CT molecular complexity index is 560. The first-order valence-electron chi connectivity index (χ1n) is 4.78. The Kier molecular flexibility index (Phi) is 3.30. The molecule has 0 bridgehead atoms. The zero-order chi connectivity index (χ0) is 12.3. The number of aliphatic carboxylic acids is 1. The standard InChI is InChI=1S/C12H8FNO2S/c13-9-3-1-8(2-4-9)12-14-7-10(17-12)5-6-11(15)16/h1-7H,(H,15,16)/b6-5+. The molecule has 3 nitrogen and oxygen atoms in total. The van der Waals surface area contributed by atoms with Crippen LogP contribution in [0.5, 0.6) is 0 Å². The number of carbonyl (C=O) groups is 1. The van der Waals surface area contributed by atoms with Crippen molar-refractivity contribution in [2.24, 2.45) is 0 Å². The van der Waals surface area contributed by atoms with Crippen LogP contribution in [0.1, 0.15) is 4.88 Å². The van der Waals surface area contributed by atoms with Gasteiger partial charge in [-0.15, -0.1) is 11.3 Å². The first kappa shape index (κ1) is 11.5. The van der Waals surface area contributed by atoms with E-state index in [1.165, 1.54) is 29.5 Å². The molecule has 2 rings (SSSR count). The van der Waals surface area contributed by atoms with Gasteiger partial charge < -0.3 is 5.11 Å². The summed E-state index contributed by atoms with van der Waals surface area (Å²) in [6.07, 6.45) is 4.12. The fourth-order valence-electron chi connectivity index (χ4n) is 1.24. The number of halogens is 1. The number of rotatable bonds is 3. The average molecular weight is 249 g/mol. The first-order chi connectivity index (χ1) is 8.15. The van der Waals surface area contributed by atoms with Gasteiger partial charge in [0.05, 0.1) is 0 Å². The molecule has 0 spiro atoms. The zero-order valence-corrected chi connectivity index (χ0v) is 9.45. The lowest BCUT2D eigenvalue weighted by molar-refractivity contribution is -0.131. The van der Waals surface area contributed by atoms with Crippen molar-refractivity contribution >= 4 is 23.4 Å². The molecular weight excluding hydrogens is 241 g/mol. The van der Waals surface area contributed by atoms with Crippen molar-refractivity contribution in [3.8, 4) is 10.6 Å². The third kappa shape index (κ3) is 2.98. The first-order valence-corrected chi connectivity index (χ1v) is 5.59. The van der Waals surface area contributed by atoms with E-state index in [0.29, 0.717) is 0 Å². The zero-order valence-electron chi connectivity index (χ0n) is 8.63. The maximum absolute atomic E-state index is 12.7. The molecule has 1 heterocycles. The summed E-state index contributed by atoms with van der Waals surface area (Å²) in [7, 11) is 0. The number of benzene rings is 1. The Morgan fingerprint density at radius 1 is 1.35 bits per heavy atom. The van der Waals surface area contributed by atoms with E-state index in [9.17, 15) is 9.18 Å². The second-order valence-corrected chi connectivity index (χ2v) is 4.31. The Morgan fingerprint density at radius 2 is 2.06 bits per heavy atom. The van der Waals surface area contributed by atoms with E-state index in [2.05, 4.69) is 4.98 Å². The van der Waals surface area contributed by atoms with Crippen molar-refractivity contribution < 1.29 is 14.3 Å². The van der Waals surface area contributed by atoms with Gasteiger partial charge in [-0.1, -0.05) is 0 Å². The predicted molar refractivity (Wildman–Crippen MR) is 64.2 cm³/mol. The van der Waals surface area contributed by atoms with Gasteiger partial charge in [-0.25, -0.2) is 14.2 Å². The maximum atomic E-state index is 12.7. The van der Waals surface area contributed by atoms with Crippen LogP contribution >= 0.6 is 11.3 Å².